The Balaban J connectivity index is 2.07. The Morgan fingerprint density at radius 2 is 1.68 bits per heavy atom. The van der Waals surface area contributed by atoms with Gasteiger partial charge in [0.1, 0.15) is 6.04 Å². The molecule has 0 saturated heterocycles. The van der Waals surface area contributed by atoms with Gasteiger partial charge in [0.15, 0.2) is 11.5 Å². The van der Waals surface area contributed by atoms with E-state index in [1.54, 1.807) is 19.1 Å². The Hall–Kier alpha value is -3.55. The highest BCUT2D eigenvalue weighted by Crippen LogP contribution is 2.27. The molecule has 8 nitrogen and oxygen atoms in total. The summed E-state index contributed by atoms with van der Waals surface area (Å²) >= 11 is 0. The van der Waals surface area contributed by atoms with Crippen molar-refractivity contribution in [2.75, 3.05) is 19.8 Å². The molecule has 0 aliphatic rings. The van der Waals surface area contributed by atoms with E-state index in [9.17, 15) is 9.59 Å². The number of hydrazone groups is 1. The number of nitrogens with one attached hydrogen (secondary N) is 2. The van der Waals surface area contributed by atoms with Crippen molar-refractivity contribution < 1.29 is 23.8 Å². The van der Waals surface area contributed by atoms with Crippen molar-refractivity contribution in [1.29, 1.82) is 0 Å². The molecule has 2 rings (SSSR count). The topological polar surface area (TPSA) is 98.2 Å². The maximum atomic E-state index is 12.6. The monoisotopic (exact) mass is 427 g/mol. The number of benzene rings is 2. The van der Waals surface area contributed by atoms with Gasteiger partial charge in [0.2, 0.25) is 0 Å². The molecule has 0 unspecified atom stereocenters. The van der Waals surface area contributed by atoms with E-state index < -0.39 is 18.0 Å². The van der Waals surface area contributed by atoms with Crippen LogP contribution < -0.4 is 20.2 Å². The van der Waals surface area contributed by atoms with Gasteiger partial charge in [-0.3, -0.25) is 4.79 Å². The van der Waals surface area contributed by atoms with E-state index in [0.717, 1.165) is 11.1 Å². The zero-order chi connectivity index (χ0) is 22.5. The van der Waals surface area contributed by atoms with Crippen LogP contribution in [-0.4, -0.2) is 44.1 Å². The largest absolute Gasteiger partial charge is 0.490 e. The normalized spacial score (nSPS) is 11.6. The standard InChI is InChI=1S/C23H29N3O5/c1-4-29-20-13-12-18(15-21(20)30-5-2)16-24-26-22(27)19(25-23(28)31-6-3)14-17-10-8-7-9-11-17/h7-13,15-16,19H,4-6,14H2,1-3H3,(H,25,28)(H,26,27)/b24-16-/t19-/m1/s1. The van der Waals surface area contributed by atoms with Gasteiger partial charge in [0.05, 0.1) is 26.0 Å². The molecule has 0 aliphatic heterocycles. The third-order valence-corrected chi connectivity index (χ3v) is 4.12. The molecule has 0 heterocycles. The molecular weight excluding hydrogens is 398 g/mol. The van der Waals surface area contributed by atoms with Crippen LogP contribution in [0.1, 0.15) is 31.9 Å². The minimum atomic E-state index is -0.835. The summed E-state index contributed by atoms with van der Waals surface area (Å²) in [5.41, 5.74) is 4.10. The van der Waals surface area contributed by atoms with Crippen LogP contribution in [0.25, 0.3) is 0 Å². The molecular formula is C23H29N3O5. The Morgan fingerprint density at radius 1 is 0.968 bits per heavy atom. The average Bonchev–Trinajstić information content (AvgIpc) is 2.76. The smallest absolute Gasteiger partial charge is 0.407 e. The second-order valence-corrected chi connectivity index (χ2v) is 6.41. The molecule has 0 bridgehead atoms. The molecule has 0 aliphatic carbocycles. The summed E-state index contributed by atoms with van der Waals surface area (Å²) in [6.07, 6.45) is 1.15. The summed E-state index contributed by atoms with van der Waals surface area (Å²) in [4.78, 5) is 24.5. The van der Waals surface area contributed by atoms with Crippen molar-refractivity contribution in [1.82, 2.24) is 10.7 Å². The summed E-state index contributed by atoms with van der Waals surface area (Å²) in [6.45, 7) is 6.72. The molecule has 0 radical (unpaired) electrons. The van der Waals surface area contributed by atoms with Crippen molar-refractivity contribution in [2.24, 2.45) is 5.10 Å². The van der Waals surface area contributed by atoms with E-state index >= 15 is 0 Å². The zero-order valence-corrected chi connectivity index (χ0v) is 18.1. The van der Waals surface area contributed by atoms with Gasteiger partial charge in [0, 0.05) is 6.42 Å². The number of carbonyl (C=O) groups excluding carboxylic acids is 2. The van der Waals surface area contributed by atoms with Crippen LogP contribution >= 0.6 is 0 Å². The number of hydrogen-bond donors (Lipinski definition) is 2. The van der Waals surface area contributed by atoms with Crippen LogP contribution in [0.2, 0.25) is 0 Å². The summed E-state index contributed by atoms with van der Waals surface area (Å²) in [7, 11) is 0. The van der Waals surface area contributed by atoms with Crippen molar-refractivity contribution >= 4 is 18.2 Å². The minimum Gasteiger partial charge on any atom is -0.490 e. The fourth-order valence-corrected chi connectivity index (χ4v) is 2.77. The van der Waals surface area contributed by atoms with Gasteiger partial charge in [-0.1, -0.05) is 30.3 Å². The summed E-state index contributed by atoms with van der Waals surface area (Å²) < 4.78 is 16.0. The third-order valence-electron chi connectivity index (χ3n) is 4.12. The van der Waals surface area contributed by atoms with Gasteiger partial charge in [0.25, 0.3) is 5.91 Å². The minimum absolute atomic E-state index is 0.212. The van der Waals surface area contributed by atoms with Crippen molar-refractivity contribution in [3.63, 3.8) is 0 Å². The van der Waals surface area contributed by atoms with Gasteiger partial charge >= 0.3 is 6.09 Å². The molecule has 166 valence electrons. The van der Waals surface area contributed by atoms with E-state index in [1.165, 1.54) is 6.21 Å². The molecule has 0 fully saturated rings. The number of alkyl carbamates (subject to hydrolysis) is 1. The van der Waals surface area contributed by atoms with Gasteiger partial charge in [-0.05, 0) is 50.1 Å². The first-order valence-electron chi connectivity index (χ1n) is 10.3. The molecule has 0 saturated carbocycles. The Labute approximate surface area is 182 Å². The summed E-state index contributed by atoms with van der Waals surface area (Å²) in [5.74, 6) is 0.793. The van der Waals surface area contributed by atoms with Crippen LogP contribution in [0, 0.1) is 0 Å². The van der Waals surface area contributed by atoms with Gasteiger partial charge in [-0.15, -0.1) is 0 Å². The molecule has 2 aromatic carbocycles. The van der Waals surface area contributed by atoms with E-state index in [4.69, 9.17) is 14.2 Å². The lowest BCUT2D eigenvalue weighted by molar-refractivity contribution is -0.123. The highest BCUT2D eigenvalue weighted by Gasteiger charge is 2.21. The molecule has 8 heteroatoms. The Bertz CT molecular complexity index is 871. The summed E-state index contributed by atoms with van der Waals surface area (Å²) in [6, 6.07) is 13.9. The molecule has 2 N–H and O–H groups in total. The fraction of sp³-hybridized carbons (Fsp3) is 0.348. The fourth-order valence-electron chi connectivity index (χ4n) is 2.77. The van der Waals surface area contributed by atoms with Crippen LogP contribution in [0.15, 0.2) is 53.6 Å². The lowest BCUT2D eigenvalue weighted by Gasteiger charge is -2.16. The van der Waals surface area contributed by atoms with Crippen LogP contribution in [0.3, 0.4) is 0 Å². The number of amides is 2. The van der Waals surface area contributed by atoms with E-state index in [2.05, 4.69) is 15.8 Å². The highest BCUT2D eigenvalue weighted by atomic mass is 16.5. The van der Waals surface area contributed by atoms with E-state index in [-0.39, 0.29) is 6.61 Å². The SMILES string of the molecule is CCOC(=O)N[C@H](Cc1ccccc1)C(=O)N/N=C\c1ccc(OCC)c(OCC)c1. The molecule has 31 heavy (non-hydrogen) atoms. The number of hydrogen-bond acceptors (Lipinski definition) is 6. The molecule has 0 spiro atoms. The van der Waals surface area contributed by atoms with Crippen molar-refractivity contribution in [3.05, 3.63) is 59.7 Å². The maximum Gasteiger partial charge on any atom is 0.407 e. The zero-order valence-electron chi connectivity index (χ0n) is 18.1. The maximum absolute atomic E-state index is 12.6. The second-order valence-electron chi connectivity index (χ2n) is 6.41. The lowest BCUT2D eigenvalue weighted by atomic mass is 10.1. The van der Waals surface area contributed by atoms with Crippen LogP contribution in [0.5, 0.6) is 11.5 Å². The molecule has 2 amide bonds. The summed E-state index contributed by atoms with van der Waals surface area (Å²) in [5, 5.41) is 6.60. The predicted molar refractivity (Wildman–Crippen MR) is 119 cm³/mol. The Kier molecular flexibility index (Phi) is 9.87. The third kappa shape index (κ3) is 8.00. The predicted octanol–water partition coefficient (Wildman–Crippen LogP) is 3.29. The highest BCUT2D eigenvalue weighted by molar-refractivity contribution is 5.87. The first-order chi connectivity index (χ1) is 15.1. The molecule has 1 atom stereocenters. The number of nitrogens with zero attached hydrogens (tertiary/aromatic N) is 1. The second kappa shape index (κ2) is 12.9. The average molecular weight is 428 g/mol. The van der Waals surface area contributed by atoms with Gasteiger partial charge in [-0.25, -0.2) is 10.2 Å². The van der Waals surface area contributed by atoms with E-state index in [1.807, 2.05) is 50.2 Å². The molecule has 0 aromatic heterocycles. The quantitative estimate of drug-likeness (QED) is 0.424. The lowest BCUT2D eigenvalue weighted by Crippen LogP contribution is -2.47. The van der Waals surface area contributed by atoms with Crippen LogP contribution in [0.4, 0.5) is 4.79 Å². The first kappa shape index (κ1) is 23.7. The van der Waals surface area contributed by atoms with E-state index in [0.29, 0.717) is 31.1 Å². The van der Waals surface area contributed by atoms with Gasteiger partial charge in [-0.2, -0.15) is 5.10 Å². The van der Waals surface area contributed by atoms with Crippen LogP contribution in [-0.2, 0) is 16.0 Å². The number of rotatable bonds is 11. The van der Waals surface area contributed by atoms with Crippen molar-refractivity contribution in [3.8, 4) is 11.5 Å². The number of ether oxygens (including phenoxy) is 3. The van der Waals surface area contributed by atoms with Gasteiger partial charge < -0.3 is 19.5 Å². The Morgan fingerprint density at radius 3 is 2.35 bits per heavy atom. The van der Waals surface area contributed by atoms with Crippen molar-refractivity contribution in [2.45, 2.75) is 33.2 Å². The molecule has 2 aromatic rings. The number of carbonyl (C=O) groups is 2. The first-order valence-corrected chi connectivity index (χ1v) is 10.3.